The second kappa shape index (κ2) is 3.59. The molecule has 2 saturated heterocycles. The Bertz CT molecular complexity index is 260. The molecule has 3 aliphatic rings. The third-order valence-corrected chi connectivity index (χ3v) is 3.61. The largest absolute Gasteiger partial charge is 0.463 e. The first kappa shape index (κ1) is 10.6. The zero-order valence-corrected chi connectivity index (χ0v) is 8.95. The fourth-order valence-corrected chi connectivity index (χ4v) is 2.36. The molecule has 2 heterocycles. The summed E-state index contributed by atoms with van der Waals surface area (Å²) in [5.74, 6) is -0.272. The number of fused-ring (bicyclic) bond motifs is 3. The summed E-state index contributed by atoms with van der Waals surface area (Å²) in [6.07, 6.45) is 4.38. The van der Waals surface area contributed by atoms with Crippen molar-refractivity contribution in [1.29, 1.82) is 0 Å². The van der Waals surface area contributed by atoms with Crippen molar-refractivity contribution >= 4 is 12.3 Å². The molecule has 4 nitrogen and oxygen atoms in total. The zero-order chi connectivity index (χ0) is 10.9. The lowest BCUT2D eigenvalue weighted by Gasteiger charge is -2.50. The molecule has 0 radical (unpaired) electrons. The van der Waals surface area contributed by atoms with E-state index in [-0.39, 0.29) is 17.0 Å². The first-order valence-corrected chi connectivity index (χ1v) is 5.34. The van der Waals surface area contributed by atoms with Crippen molar-refractivity contribution in [3.63, 3.8) is 0 Å². The van der Waals surface area contributed by atoms with E-state index in [0.29, 0.717) is 13.2 Å². The predicted octanol–water partition coefficient (Wildman–Crippen LogP) is 1.08. The van der Waals surface area contributed by atoms with Crippen LogP contribution < -0.4 is 0 Å². The van der Waals surface area contributed by atoms with Crippen molar-refractivity contribution < 1.29 is 19.1 Å². The van der Waals surface area contributed by atoms with Gasteiger partial charge in [0.25, 0.3) is 0 Å². The molecule has 0 atom stereocenters. The van der Waals surface area contributed by atoms with Gasteiger partial charge in [-0.05, 0) is 25.7 Å². The number of carbonyl (C=O) groups excluding carboxylic acids is 2. The molecule has 0 aromatic heterocycles. The fraction of sp³-hybridized carbons (Fsp3) is 0.818. The van der Waals surface area contributed by atoms with Gasteiger partial charge < -0.3 is 14.3 Å². The molecule has 84 valence electrons. The predicted molar refractivity (Wildman–Crippen MR) is 52.3 cm³/mol. The van der Waals surface area contributed by atoms with Gasteiger partial charge in [-0.3, -0.25) is 4.79 Å². The second-order valence-electron chi connectivity index (χ2n) is 4.73. The third-order valence-electron chi connectivity index (χ3n) is 3.61. The average Bonchev–Trinajstić information content (AvgIpc) is 2.29. The maximum absolute atomic E-state index is 10.9. The van der Waals surface area contributed by atoms with Crippen LogP contribution in [0.5, 0.6) is 0 Å². The molecule has 1 saturated carbocycles. The molecular formula is C11H16O4. The number of aldehydes is 1. The minimum Gasteiger partial charge on any atom is -0.463 e. The van der Waals surface area contributed by atoms with Crippen LogP contribution in [0.2, 0.25) is 0 Å². The summed E-state index contributed by atoms with van der Waals surface area (Å²) < 4.78 is 10.7. The van der Waals surface area contributed by atoms with Crippen molar-refractivity contribution in [2.45, 2.75) is 38.2 Å². The Balaban J connectivity index is 1.97. The molecular weight excluding hydrogens is 196 g/mol. The molecule has 0 aromatic rings. The Morgan fingerprint density at radius 3 is 2.47 bits per heavy atom. The Labute approximate surface area is 88.9 Å². The first-order chi connectivity index (χ1) is 7.10. The normalized spacial score (nSPS) is 38.7. The van der Waals surface area contributed by atoms with E-state index < -0.39 is 0 Å². The average molecular weight is 212 g/mol. The van der Waals surface area contributed by atoms with Crippen LogP contribution in [0.15, 0.2) is 0 Å². The van der Waals surface area contributed by atoms with Crippen LogP contribution in [-0.4, -0.2) is 31.1 Å². The minimum absolute atomic E-state index is 0.252. The number of hydrogen-bond acceptors (Lipinski definition) is 4. The van der Waals surface area contributed by atoms with Crippen LogP contribution >= 0.6 is 0 Å². The van der Waals surface area contributed by atoms with Gasteiger partial charge in [0.2, 0.25) is 0 Å². The van der Waals surface area contributed by atoms with E-state index in [4.69, 9.17) is 9.47 Å². The summed E-state index contributed by atoms with van der Waals surface area (Å²) in [6.45, 7) is 2.22. The summed E-state index contributed by atoms with van der Waals surface area (Å²) in [6, 6.07) is 0. The van der Waals surface area contributed by atoms with Crippen molar-refractivity contribution in [3.05, 3.63) is 0 Å². The lowest BCUT2D eigenvalue weighted by Crippen LogP contribution is -2.54. The lowest BCUT2D eigenvalue weighted by molar-refractivity contribution is -0.202. The van der Waals surface area contributed by atoms with E-state index in [1.807, 2.05) is 0 Å². The highest BCUT2D eigenvalue weighted by Gasteiger charge is 2.50. The van der Waals surface area contributed by atoms with Gasteiger partial charge in [0, 0.05) is 12.3 Å². The van der Waals surface area contributed by atoms with Crippen molar-refractivity contribution in [2.24, 2.45) is 5.41 Å². The Kier molecular flexibility index (Phi) is 2.54. The number of ether oxygens (including phenoxy) is 2. The minimum atomic E-state index is -0.309. The molecule has 0 amide bonds. The topological polar surface area (TPSA) is 52.6 Å². The van der Waals surface area contributed by atoms with Gasteiger partial charge in [-0.15, -0.1) is 0 Å². The van der Waals surface area contributed by atoms with Gasteiger partial charge in [0.05, 0.1) is 6.61 Å². The third kappa shape index (κ3) is 1.91. The molecule has 4 heteroatoms. The highest BCUT2D eigenvalue weighted by Crippen LogP contribution is 2.47. The van der Waals surface area contributed by atoms with Crippen molar-refractivity contribution in [3.8, 4) is 0 Å². The second-order valence-corrected chi connectivity index (χ2v) is 4.73. The van der Waals surface area contributed by atoms with Crippen LogP contribution in [0.1, 0.15) is 32.6 Å². The zero-order valence-electron chi connectivity index (χ0n) is 8.95. The molecule has 2 bridgehead atoms. The smallest absolute Gasteiger partial charge is 0.302 e. The maximum Gasteiger partial charge on any atom is 0.302 e. The van der Waals surface area contributed by atoms with Gasteiger partial charge in [0.1, 0.15) is 18.5 Å². The molecule has 0 unspecified atom stereocenters. The molecule has 0 spiro atoms. The summed E-state index contributed by atoms with van der Waals surface area (Å²) in [5, 5.41) is 0. The summed E-state index contributed by atoms with van der Waals surface area (Å²) in [4.78, 5) is 21.7. The van der Waals surface area contributed by atoms with Gasteiger partial charge in [-0.25, -0.2) is 0 Å². The monoisotopic (exact) mass is 212 g/mol. The van der Waals surface area contributed by atoms with Crippen molar-refractivity contribution in [2.75, 3.05) is 13.2 Å². The highest BCUT2D eigenvalue weighted by atomic mass is 16.6. The molecule has 0 N–H and O–H groups in total. The summed E-state index contributed by atoms with van der Waals surface area (Å²) in [7, 11) is 0. The number of esters is 1. The van der Waals surface area contributed by atoms with Gasteiger partial charge in [0.15, 0.2) is 0 Å². The summed E-state index contributed by atoms with van der Waals surface area (Å²) >= 11 is 0. The maximum atomic E-state index is 10.9. The number of rotatable bonds is 3. The number of hydrogen-bond donors (Lipinski definition) is 0. The van der Waals surface area contributed by atoms with E-state index in [1.165, 1.54) is 6.92 Å². The van der Waals surface area contributed by atoms with Crippen LogP contribution in [0.4, 0.5) is 0 Å². The van der Waals surface area contributed by atoms with E-state index in [9.17, 15) is 9.59 Å². The van der Waals surface area contributed by atoms with Gasteiger partial charge in [-0.1, -0.05) is 0 Å². The van der Waals surface area contributed by atoms with E-state index in [0.717, 1.165) is 32.0 Å². The molecule has 15 heavy (non-hydrogen) atoms. The first-order valence-electron chi connectivity index (χ1n) is 5.34. The van der Waals surface area contributed by atoms with E-state index in [1.54, 1.807) is 0 Å². The lowest BCUT2D eigenvalue weighted by atomic mass is 9.67. The summed E-state index contributed by atoms with van der Waals surface area (Å²) in [5.41, 5.74) is -0.561. The van der Waals surface area contributed by atoms with Gasteiger partial charge in [-0.2, -0.15) is 0 Å². The van der Waals surface area contributed by atoms with Crippen LogP contribution in [0.25, 0.3) is 0 Å². The Hall–Kier alpha value is -0.900. The SMILES string of the molecule is CC(=O)OCC12CCC(C=O)(CC1)CO2. The molecule has 3 fully saturated rings. The van der Waals surface area contributed by atoms with Crippen LogP contribution in [0.3, 0.4) is 0 Å². The number of carbonyl (C=O) groups is 2. The Morgan fingerprint density at radius 1 is 1.40 bits per heavy atom. The molecule has 0 aromatic carbocycles. The Morgan fingerprint density at radius 2 is 2.07 bits per heavy atom. The standard InChI is InChI=1S/C11H16O4/c1-9(13)14-8-11-4-2-10(6-12,3-5-11)7-15-11/h6H,2-5,7-8H2,1H3. The molecule has 1 aliphatic carbocycles. The molecule has 2 aliphatic heterocycles. The fourth-order valence-electron chi connectivity index (χ4n) is 2.36. The van der Waals surface area contributed by atoms with Gasteiger partial charge >= 0.3 is 5.97 Å². The quantitative estimate of drug-likeness (QED) is 0.519. The van der Waals surface area contributed by atoms with Crippen molar-refractivity contribution in [1.82, 2.24) is 0 Å². The molecule has 3 rings (SSSR count). The van der Waals surface area contributed by atoms with E-state index in [2.05, 4.69) is 0 Å². The van der Waals surface area contributed by atoms with Crippen LogP contribution in [0, 0.1) is 5.41 Å². The van der Waals surface area contributed by atoms with E-state index >= 15 is 0 Å². The van der Waals surface area contributed by atoms with Crippen LogP contribution in [-0.2, 0) is 19.1 Å². The highest BCUT2D eigenvalue weighted by molar-refractivity contribution is 5.66.